The van der Waals surface area contributed by atoms with Gasteiger partial charge in [-0.1, -0.05) is 0 Å². The van der Waals surface area contributed by atoms with Gasteiger partial charge in [0.25, 0.3) is 0 Å². The first-order valence-electron chi connectivity index (χ1n) is 4.63. The quantitative estimate of drug-likeness (QED) is 0.857. The molecule has 0 amide bonds. The minimum Gasteiger partial charge on any atom is -0.314 e. The number of nitriles is 1. The molecule has 2 aromatic heterocycles. The molecule has 0 fully saturated rings. The van der Waals surface area contributed by atoms with Crippen LogP contribution in [0.25, 0.3) is 0 Å². The molecule has 16 heavy (non-hydrogen) atoms. The van der Waals surface area contributed by atoms with Crippen molar-refractivity contribution < 1.29 is 0 Å². The van der Waals surface area contributed by atoms with Gasteiger partial charge < -0.3 is 5.32 Å². The Morgan fingerprint density at radius 2 is 2.06 bits per heavy atom. The van der Waals surface area contributed by atoms with Crippen molar-refractivity contribution in [3.63, 3.8) is 0 Å². The van der Waals surface area contributed by atoms with E-state index < -0.39 is 0 Å². The maximum Gasteiger partial charge on any atom is 0.188 e. The first kappa shape index (κ1) is 10.5. The van der Waals surface area contributed by atoms with Crippen LogP contribution in [-0.4, -0.2) is 15.0 Å². The highest BCUT2D eigenvalue weighted by molar-refractivity contribution is 7.15. The zero-order valence-corrected chi connectivity index (χ0v) is 9.67. The molecule has 0 aliphatic heterocycles. The van der Waals surface area contributed by atoms with E-state index in [1.165, 1.54) is 23.7 Å². The van der Waals surface area contributed by atoms with E-state index >= 15 is 0 Å². The third kappa shape index (κ3) is 1.99. The predicted molar refractivity (Wildman–Crippen MR) is 61.6 cm³/mol. The minimum absolute atomic E-state index is 0.271. The molecule has 0 aliphatic carbocycles. The number of hydrogen-bond acceptors (Lipinski definition) is 6. The van der Waals surface area contributed by atoms with Crippen LogP contribution in [0.5, 0.6) is 0 Å². The average Bonchev–Trinajstić information content (AvgIpc) is 2.59. The highest BCUT2D eigenvalue weighted by Crippen LogP contribution is 2.24. The van der Waals surface area contributed by atoms with Crippen LogP contribution in [-0.2, 0) is 0 Å². The van der Waals surface area contributed by atoms with E-state index in [1.807, 2.05) is 19.9 Å². The molecule has 0 unspecified atom stereocenters. The van der Waals surface area contributed by atoms with E-state index in [1.54, 1.807) is 0 Å². The second-order valence-electron chi connectivity index (χ2n) is 3.15. The number of nitrogens with one attached hydrogen (secondary N) is 1. The van der Waals surface area contributed by atoms with Crippen molar-refractivity contribution in [1.29, 1.82) is 5.26 Å². The zero-order valence-electron chi connectivity index (χ0n) is 8.85. The number of aryl methyl sites for hydroxylation is 2. The molecule has 1 N–H and O–H groups in total. The van der Waals surface area contributed by atoms with Gasteiger partial charge in [0.15, 0.2) is 16.6 Å². The van der Waals surface area contributed by atoms with Gasteiger partial charge in [-0.25, -0.2) is 15.0 Å². The lowest BCUT2D eigenvalue weighted by atomic mass is 10.4. The van der Waals surface area contributed by atoms with E-state index in [2.05, 4.69) is 20.3 Å². The summed E-state index contributed by atoms with van der Waals surface area (Å²) in [7, 11) is 0. The number of thiazole rings is 1. The Hall–Kier alpha value is -2.00. The summed E-state index contributed by atoms with van der Waals surface area (Å²) in [6.45, 7) is 3.94. The fraction of sp³-hybridized carbons (Fsp3) is 0.200. The molecule has 0 aliphatic rings. The second kappa shape index (κ2) is 4.24. The van der Waals surface area contributed by atoms with Crippen LogP contribution in [0.2, 0.25) is 0 Å². The lowest BCUT2D eigenvalue weighted by Gasteiger charge is -2.01. The summed E-state index contributed by atoms with van der Waals surface area (Å²) in [5.41, 5.74) is 1.25. The van der Waals surface area contributed by atoms with Gasteiger partial charge in [-0.15, -0.1) is 11.3 Å². The van der Waals surface area contributed by atoms with E-state index in [4.69, 9.17) is 5.26 Å². The molecule has 6 heteroatoms. The minimum atomic E-state index is 0.271. The molecule has 0 bridgehead atoms. The number of anilines is 2. The molecule has 80 valence electrons. The molecule has 0 radical (unpaired) electrons. The molecule has 2 rings (SSSR count). The molecule has 2 heterocycles. The first-order valence-corrected chi connectivity index (χ1v) is 5.44. The Labute approximate surface area is 96.8 Å². The largest absolute Gasteiger partial charge is 0.314 e. The van der Waals surface area contributed by atoms with Crippen LogP contribution in [0.15, 0.2) is 12.4 Å². The van der Waals surface area contributed by atoms with Gasteiger partial charge in [0.2, 0.25) is 0 Å². The maximum absolute atomic E-state index is 8.85. The van der Waals surface area contributed by atoms with Gasteiger partial charge in [-0.3, -0.25) is 0 Å². The zero-order chi connectivity index (χ0) is 11.5. The molecule has 2 aromatic rings. The number of hydrogen-bond donors (Lipinski definition) is 1. The van der Waals surface area contributed by atoms with E-state index in [-0.39, 0.29) is 5.69 Å². The Kier molecular flexibility index (Phi) is 2.79. The summed E-state index contributed by atoms with van der Waals surface area (Å²) >= 11 is 1.53. The Morgan fingerprint density at radius 3 is 2.69 bits per heavy atom. The van der Waals surface area contributed by atoms with Gasteiger partial charge in [-0.05, 0) is 13.8 Å². The molecule has 0 saturated heterocycles. The SMILES string of the molecule is Cc1nc(Nc2nccnc2C#N)sc1C. The van der Waals surface area contributed by atoms with Gasteiger partial charge in [0, 0.05) is 17.3 Å². The summed E-state index contributed by atoms with van der Waals surface area (Å²) in [5, 5.41) is 12.6. The van der Waals surface area contributed by atoms with Crippen molar-refractivity contribution in [3.05, 3.63) is 28.7 Å². The van der Waals surface area contributed by atoms with E-state index in [0.29, 0.717) is 5.82 Å². The molecule has 0 spiro atoms. The topological polar surface area (TPSA) is 74.5 Å². The second-order valence-corrected chi connectivity index (χ2v) is 4.35. The summed E-state index contributed by atoms with van der Waals surface area (Å²) in [5.74, 6) is 0.443. The molecular weight excluding hydrogens is 222 g/mol. The van der Waals surface area contributed by atoms with Crippen LogP contribution < -0.4 is 5.32 Å². The summed E-state index contributed by atoms with van der Waals surface area (Å²) < 4.78 is 0. The summed E-state index contributed by atoms with van der Waals surface area (Å²) in [6, 6.07) is 1.98. The molecule has 0 aromatic carbocycles. The van der Waals surface area contributed by atoms with Crippen molar-refractivity contribution >= 4 is 22.3 Å². The van der Waals surface area contributed by atoms with Gasteiger partial charge in [0.1, 0.15) is 6.07 Å². The normalized spacial score (nSPS) is 9.81. The molecule has 0 atom stereocenters. The Bertz CT molecular complexity index is 535. The molecule has 5 nitrogen and oxygen atoms in total. The fourth-order valence-corrected chi connectivity index (χ4v) is 1.95. The third-order valence-corrected chi connectivity index (χ3v) is 3.05. The number of aromatic nitrogens is 3. The van der Waals surface area contributed by atoms with Crippen molar-refractivity contribution in [2.75, 3.05) is 5.32 Å². The van der Waals surface area contributed by atoms with Gasteiger partial charge >= 0.3 is 0 Å². The van der Waals surface area contributed by atoms with Gasteiger partial charge in [-0.2, -0.15) is 5.26 Å². The van der Waals surface area contributed by atoms with Crippen molar-refractivity contribution in [1.82, 2.24) is 15.0 Å². The molecule has 0 saturated carbocycles. The molecular formula is C10H9N5S. The van der Waals surface area contributed by atoms with Crippen molar-refractivity contribution in [2.45, 2.75) is 13.8 Å². The highest BCUT2D eigenvalue weighted by atomic mass is 32.1. The Balaban J connectivity index is 2.31. The summed E-state index contributed by atoms with van der Waals surface area (Å²) in [4.78, 5) is 13.4. The standard InChI is InChI=1S/C10H9N5S/c1-6-7(2)16-10(14-6)15-9-8(5-11)12-3-4-13-9/h3-4H,1-2H3,(H,13,14,15). The van der Waals surface area contributed by atoms with Crippen LogP contribution in [0.4, 0.5) is 10.9 Å². The van der Waals surface area contributed by atoms with Crippen LogP contribution in [0, 0.1) is 25.2 Å². The smallest absolute Gasteiger partial charge is 0.188 e. The van der Waals surface area contributed by atoms with Crippen molar-refractivity contribution in [2.24, 2.45) is 0 Å². The first-order chi connectivity index (χ1) is 7.70. The summed E-state index contributed by atoms with van der Waals surface area (Å²) in [6.07, 6.45) is 3.03. The third-order valence-electron chi connectivity index (χ3n) is 2.06. The number of nitrogens with zero attached hydrogens (tertiary/aromatic N) is 4. The lowest BCUT2D eigenvalue weighted by molar-refractivity contribution is 1.15. The van der Waals surface area contributed by atoms with E-state index in [9.17, 15) is 0 Å². The van der Waals surface area contributed by atoms with E-state index in [0.717, 1.165) is 15.7 Å². The fourth-order valence-electron chi connectivity index (χ4n) is 1.14. The predicted octanol–water partition coefficient (Wildman–Crippen LogP) is 2.17. The monoisotopic (exact) mass is 231 g/mol. The van der Waals surface area contributed by atoms with Crippen LogP contribution >= 0.6 is 11.3 Å². The van der Waals surface area contributed by atoms with Crippen LogP contribution in [0.1, 0.15) is 16.3 Å². The lowest BCUT2D eigenvalue weighted by Crippen LogP contribution is -1.98. The van der Waals surface area contributed by atoms with Crippen LogP contribution in [0.3, 0.4) is 0 Å². The van der Waals surface area contributed by atoms with Gasteiger partial charge in [0.05, 0.1) is 5.69 Å². The Morgan fingerprint density at radius 1 is 1.31 bits per heavy atom. The maximum atomic E-state index is 8.85. The number of rotatable bonds is 2. The average molecular weight is 231 g/mol. The van der Waals surface area contributed by atoms with Crippen molar-refractivity contribution in [3.8, 4) is 6.07 Å². The highest BCUT2D eigenvalue weighted by Gasteiger charge is 2.08.